The molecule has 0 saturated carbocycles. The maximum absolute atomic E-state index is 12.1. The molecule has 4 unspecified atom stereocenters. The van der Waals surface area contributed by atoms with Crippen LogP contribution in [0.5, 0.6) is 0 Å². The largest absolute Gasteiger partial charge is 0.373 e. The number of hydrogen-bond acceptors (Lipinski definition) is 7. The summed E-state index contributed by atoms with van der Waals surface area (Å²) in [6.45, 7) is 20.9. The van der Waals surface area contributed by atoms with Crippen LogP contribution < -0.4 is 5.32 Å². The standard InChI is InChI=1S/C34H64Cl2N2O5/c1-25(19-15-12-13-17-23-41-33(7,8)30(39)26(2)35)43-32(5,6)21-22-38-28(4)29(37-11)20-16-14-18-24-42-34(9,10)31(40)27(3)36/h25-27,29,37H,12-24H2,1-11H3. The van der Waals surface area contributed by atoms with Gasteiger partial charge >= 0.3 is 0 Å². The van der Waals surface area contributed by atoms with Crippen LogP contribution in [0.2, 0.25) is 0 Å². The van der Waals surface area contributed by atoms with E-state index in [9.17, 15) is 9.59 Å². The molecule has 0 rings (SSSR count). The molecule has 1 N–H and O–H groups in total. The van der Waals surface area contributed by atoms with Gasteiger partial charge in [-0.05, 0) is 108 Å². The zero-order valence-electron chi connectivity index (χ0n) is 29.2. The summed E-state index contributed by atoms with van der Waals surface area (Å²) in [6, 6.07) is 0.250. The molecule has 0 aliphatic carbocycles. The summed E-state index contributed by atoms with van der Waals surface area (Å²) < 4.78 is 18.0. The van der Waals surface area contributed by atoms with Crippen LogP contribution in [-0.4, -0.2) is 83.8 Å². The van der Waals surface area contributed by atoms with Crippen molar-refractivity contribution in [1.29, 1.82) is 0 Å². The Hall–Kier alpha value is -0.570. The highest BCUT2D eigenvalue weighted by Crippen LogP contribution is 2.21. The number of hydrogen-bond donors (Lipinski definition) is 1. The van der Waals surface area contributed by atoms with Crippen molar-refractivity contribution >= 4 is 40.5 Å². The number of halogens is 2. The Morgan fingerprint density at radius 1 is 0.744 bits per heavy atom. The van der Waals surface area contributed by atoms with E-state index in [-0.39, 0.29) is 29.3 Å². The van der Waals surface area contributed by atoms with Crippen LogP contribution >= 0.6 is 23.2 Å². The van der Waals surface area contributed by atoms with Crippen LogP contribution in [0.1, 0.15) is 133 Å². The van der Waals surface area contributed by atoms with Crippen LogP contribution in [0.15, 0.2) is 4.99 Å². The fraction of sp³-hybridized carbons (Fsp3) is 0.912. The smallest absolute Gasteiger partial charge is 0.181 e. The molecule has 0 saturated heterocycles. The van der Waals surface area contributed by atoms with E-state index >= 15 is 0 Å². The molecule has 0 spiro atoms. The van der Waals surface area contributed by atoms with Gasteiger partial charge in [-0.15, -0.1) is 23.2 Å². The number of unbranched alkanes of at least 4 members (excludes halogenated alkanes) is 5. The Morgan fingerprint density at radius 2 is 1.19 bits per heavy atom. The third kappa shape index (κ3) is 18.9. The first-order chi connectivity index (χ1) is 19.9. The van der Waals surface area contributed by atoms with Crippen LogP contribution in [0.3, 0.4) is 0 Å². The first-order valence-electron chi connectivity index (χ1n) is 16.4. The second-order valence-corrected chi connectivity index (χ2v) is 14.8. The minimum Gasteiger partial charge on any atom is -0.373 e. The van der Waals surface area contributed by atoms with Gasteiger partial charge in [-0.2, -0.15) is 0 Å². The van der Waals surface area contributed by atoms with Crippen molar-refractivity contribution in [2.75, 3.05) is 26.8 Å². The topological polar surface area (TPSA) is 86.2 Å². The van der Waals surface area contributed by atoms with Gasteiger partial charge in [0.05, 0.1) is 22.5 Å². The Balaban J connectivity index is 4.24. The molecule has 43 heavy (non-hydrogen) atoms. The number of carbonyl (C=O) groups is 2. The van der Waals surface area contributed by atoms with E-state index < -0.39 is 22.0 Å². The first kappa shape index (κ1) is 42.4. The molecule has 0 radical (unpaired) electrons. The van der Waals surface area contributed by atoms with E-state index in [0.717, 1.165) is 76.5 Å². The fourth-order valence-electron chi connectivity index (χ4n) is 5.11. The van der Waals surface area contributed by atoms with Crippen molar-refractivity contribution < 1.29 is 23.8 Å². The summed E-state index contributed by atoms with van der Waals surface area (Å²) in [5.74, 6) is -0.150. The predicted octanol–water partition coefficient (Wildman–Crippen LogP) is 8.10. The SMILES string of the molecule is CNC(CCCCCOC(C)(C)C(=O)C(C)Cl)C(C)=NCCC(C)(C)OC(C)CCCCCCOC(C)(C)C(=O)C(C)Cl. The Morgan fingerprint density at radius 3 is 1.65 bits per heavy atom. The molecular formula is C34H64Cl2N2O5. The van der Waals surface area contributed by atoms with Crippen LogP contribution in [0.4, 0.5) is 0 Å². The van der Waals surface area contributed by atoms with Gasteiger partial charge in [0, 0.05) is 31.5 Å². The summed E-state index contributed by atoms with van der Waals surface area (Å²) in [6.07, 6.45) is 10.3. The Labute approximate surface area is 273 Å². The van der Waals surface area contributed by atoms with Gasteiger partial charge in [-0.25, -0.2) is 0 Å². The zero-order chi connectivity index (χ0) is 33.3. The molecule has 0 aliphatic rings. The van der Waals surface area contributed by atoms with E-state index in [1.807, 2.05) is 7.05 Å². The van der Waals surface area contributed by atoms with Crippen LogP contribution in [-0.2, 0) is 23.8 Å². The van der Waals surface area contributed by atoms with Crippen molar-refractivity contribution in [2.45, 2.75) is 173 Å². The van der Waals surface area contributed by atoms with Gasteiger partial charge in [0.2, 0.25) is 0 Å². The number of ether oxygens (including phenoxy) is 3. The molecule has 0 aromatic rings. The molecule has 0 aromatic carbocycles. The highest BCUT2D eigenvalue weighted by molar-refractivity contribution is 6.32. The lowest BCUT2D eigenvalue weighted by molar-refractivity contribution is -0.140. The summed E-state index contributed by atoms with van der Waals surface area (Å²) in [7, 11) is 1.99. The Bertz CT molecular complexity index is 828. The van der Waals surface area contributed by atoms with Gasteiger partial charge in [0.25, 0.3) is 0 Å². The van der Waals surface area contributed by atoms with Gasteiger partial charge in [0.1, 0.15) is 11.2 Å². The van der Waals surface area contributed by atoms with Crippen molar-refractivity contribution in [3.05, 3.63) is 0 Å². The second-order valence-electron chi connectivity index (χ2n) is 13.5. The number of alkyl halides is 2. The number of ketones is 2. The number of nitrogens with zero attached hydrogens (tertiary/aromatic N) is 1. The summed E-state index contributed by atoms with van der Waals surface area (Å²) in [5, 5.41) is 2.33. The molecule has 7 nitrogen and oxygen atoms in total. The average Bonchev–Trinajstić information content (AvgIpc) is 2.90. The van der Waals surface area contributed by atoms with Crippen LogP contribution in [0, 0.1) is 0 Å². The van der Waals surface area contributed by atoms with E-state index in [4.69, 9.17) is 42.4 Å². The lowest BCUT2D eigenvalue weighted by atomic mass is 10.0. The third-order valence-electron chi connectivity index (χ3n) is 7.93. The monoisotopic (exact) mass is 650 g/mol. The number of carbonyl (C=O) groups excluding carboxylic acids is 2. The number of nitrogens with one attached hydrogen (secondary N) is 1. The van der Waals surface area contributed by atoms with Crippen LogP contribution in [0.25, 0.3) is 0 Å². The molecule has 0 heterocycles. The normalized spacial score (nSPS) is 16.2. The average molecular weight is 652 g/mol. The molecule has 0 fully saturated rings. The molecule has 4 atom stereocenters. The molecule has 0 amide bonds. The molecule has 0 aromatic heterocycles. The maximum atomic E-state index is 12.1. The third-order valence-corrected chi connectivity index (χ3v) is 8.32. The molecule has 0 aliphatic heterocycles. The van der Waals surface area contributed by atoms with Gasteiger partial charge in [0.15, 0.2) is 11.6 Å². The highest BCUT2D eigenvalue weighted by Gasteiger charge is 2.32. The van der Waals surface area contributed by atoms with E-state index in [2.05, 4.69) is 33.0 Å². The second kappa shape index (κ2) is 21.3. The highest BCUT2D eigenvalue weighted by atomic mass is 35.5. The number of rotatable bonds is 26. The van der Waals surface area contributed by atoms with Gasteiger partial charge < -0.3 is 19.5 Å². The van der Waals surface area contributed by atoms with Gasteiger partial charge in [-0.1, -0.05) is 32.1 Å². The maximum Gasteiger partial charge on any atom is 0.181 e. The summed E-state index contributed by atoms with van der Waals surface area (Å²) in [4.78, 5) is 29.1. The number of Topliss-reactive ketones (excluding diaryl/α,β-unsaturated/α-hetero) is 2. The molecule has 9 heteroatoms. The summed E-state index contributed by atoms with van der Waals surface area (Å²) >= 11 is 11.8. The first-order valence-corrected chi connectivity index (χ1v) is 17.2. The van der Waals surface area contributed by atoms with E-state index in [1.54, 1.807) is 41.5 Å². The predicted molar refractivity (Wildman–Crippen MR) is 182 cm³/mol. The molecule has 254 valence electrons. The van der Waals surface area contributed by atoms with E-state index in [1.165, 1.54) is 0 Å². The minimum absolute atomic E-state index is 0.0719. The van der Waals surface area contributed by atoms with Gasteiger partial charge in [-0.3, -0.25) is 14.6 Å². The molecular weight excluding hydrogens is 587 g/mol. The Kier molecular flexibility index (Phi) is 21.0. The van der Waals surface area contributed by atoms with Crippen molar-refractivity contribution in [2.24, 2.45) is 4.99 Å². The van der Waals surface area contributed by atoms with Crippen molar-refractivity contribution in [3.8, 4) is 0 Å². The number of aliphatic imine (C=N–C) groups is 1. The quantitative estimate of drug-likeness (QED) is 0.0578. The lowest BCUT2D eigenvalue weighted by Gasteiger charge is -2.29. The minimum atomic E-state index is -0.839. The molecule has 0 bridgehead atoms. The lowest BCUT2D eigenvalue weighted by Crippen LogP contribution is -2.39. The summed E-state index contributed by atoms with van der Waals surface area (Å²) in [5.41, 5.74) is -0.777. The van der Waals surface area contributed by atoms with Crippen molar-refractivity contribution in [1.82, 2.24) is 5.32 Å². The van der Waals surface area contributed by atoms with E-state index in [0.29, 0.717) is 13.2 Å². The zero-order valence-corrected chi connectivity index (χ0v) is 30.8. The fourth-order valence-corrected chi connectivity index (χ4v) is 5.63. The van der Waals surface area contributed by atoms with Crippen molar-refractivity contribution in [3.63, 3.8) is 0 Å².